The van der Waals surface area contributed by atoms with Crippen molar-refractivity contribution in [3.8, 4) is 0 Å². The first-order valence-corrected chi connectivity index (χ1v) is 6.94. The van der Waals surface area contributed by atoms with E-state index in [0.29, 0.717) is 4.75 Å². The van der Waals surface area contributed by atoms with Crippen molar-refractivity contribution in [1.82, 2.24) is 5.32 Å². The van der Waals surface area contributed by atoms with Gasteiger partial charge in [-0.3, -0.25) is 4.79 Å². The molecule has 0 spiro atoms. The highest BCUT2D eigenvalue weighted by Gasteiger charge is 2.36. The van der Waals surface area contributed by atoms with Gasteiger partial charge in [0.15, 0.2) is 0 Å². The Kier molecular flexibility index (Phi) is 4.93. The molecular formula is C11H22N2OS. The zero-order valence-corrected chi connectivity index (χ0v) is 10.5. The molecule has 1 atom stereocenters. The molecule has 1 rings (SSSR count). The van der Waals surface area contributed by atoms with Gasteiger partial charge in [0, 0.05) is 11.3 Å². The van der Waals surface area contributed by atoms with Gasteiger partial charge >= 0.3 is 0 Å². The molecule has 15 heavy (non-hydrogen) atoms. The number of amides is 1. The van der Waals surface area contributed by atoms with E-state index in [2.05, 4.69) is 11.6 Å². The summed E-state index contributed by atoms with van der Waals surface area (Å²) >= 11 is 1.87. The van der Waals surface area contributed by atoms with E-state index in [4.69, 9.17) is 5.73 Å². The predicted molar refractivity (Wildman–Crippen MR) is 66.0 cm³/mol. The number of hydrogen-bond acceptors (Lipinski definition) is 3. The van der Waals surface area contributed by atoms with E-state index in [1.54, 1.807) is 0 Å². The van der Waals surface area contributed by atoms with Crippen molar-refractivity contribution in [1.29, 1.82) is 0 Å². The molecule has 0 aromatic heterocycles. The number of nitrogens with two attached hydrogens (primary N) is 1. The summed E-state index contributed by atoms with van der Waals surface area (Å²) in [5.74, 6) is 0.0113. The quantitative estimate of drug-likeness (QED) is 0.727. The summed E-state index contributed by atoms with van der Waals surface area (Å²) in [4.78, 5) is 11.6. The van der Waals surface area contributed by atoms with E-state index in [9.17, 15) is 4.79 Å². The van der Waals surface area contributed by atoms with E-state index in [1.807, 2.05) is 18.7 Å². The topological polar surface area (TPSA) is 55.1 Å². The minimum absolute atomic E-state index is 0.0113. The van der Waals surface area contributed by atoms with Crippen molar-refractivity contribution in [2.45, 2.75) is 49.8 Å². The van der Waals surface area contributed by atoms with Crippen molar-refractivity contribution >= 4 is 17.7 Å². The maximum Gasteiger partial charge on any atom is 0.236 e. The molecule has 1 unspecified atom stereocenters. The van der Waals surface area contributed by atoms with Crippen LogP contribution < -0.4 is 11.1 Å². The van der Waals surface area contributed by atoms with Crippen LogP contribution in [0.4, 0.5) is 0 Å². The number of carbonyl (C=O) groups excluding carboxylic acids is 1. The highest BCUT2D eigenvalue weighted by molar-refractivity contribution is 8.00. The van der Waals surface area contributed by atoms with Gasteiger partial charge < -0.3 is 11.1 Å². The average molecular weight is 230 g/mol. The second-order valence-electron chi connectivity index (χ2n) is 4.35. The van der Waals surface area contributed by atoms with E-state index in [0.717, 1.165) is 19.4 Å². The monoisotopic (exact) mass is 230 g/mol. The molecule has 1 amide bonds. The van der Waals surface area contributed by atoms with E-state index < -0.39 is 0 Å². The first-order valence-electron chi connectivity index (χ1n) is 5.72. The van der Waals surface area contributed by atoms with Gasteiger partial charge in [0.2, 0.25) is 5.91 Å². The number of hydrogen-bond donors (Lipinski definition) is 2. The Balaban J connectivity index is 2.26. The van der Waals surface area contributed by atoms with E-state index in [-0.39, 0.29) is 11.9 Å². The van der Waals surface area contributed by atoms with Gasteiger partial charge in [0.1, 0.15) is 0 Å². The smallest absolute Gasteiger partial charge is 0.236 e. The van der Waals surface area contributed by atoms with Crippen LogP contribution in [0, 0.1) is 0 Å². The first-order chi connectivity index (χ1) is 7.13. The molecule has 1 aliphatic rings. The summed E-state index contributed by atoms with van der Waals surface area (Å²) in [7, 11) is 0. The second kappa shape index (κ2) is 5.75. The molecule has 0 radical (unpaired) electrons. The zero-order valence-electron chi connectivity index (χ0n) is 9.71. The second-order valence-corrected chi connectivity index (χ2v) is 5.63. The summed E-state index contributed by atoms with van der Waals surface area (Å²) in [6, 6.07) is -0.325. The number of nitrogens with one attached hydrogen (secondary N) is 1. The average Bonchev–Trinajstić information content (AvgIpc) is 2.17. The van der Waals surface area contributed by atoms with Gasteiger partial charge in [-0.15, -0.1) is 0 Å². The van der Waals surface area contributed by atoms with Crippen LogP contribution in [-0.2, 0) is 4.79 Å². The van der Waals surface area contributed by atoms with Crippen LogP contribution in [0.2, 0.25) is 0 Å². The van der Waals surface area contributed by atoms with Crippen LogP contribution in [0.3, 0.4) is 0 Å². The SMILES string of the molecule is CCCC(N)C(=O)NCC1(SC)CCC1. The summed E-state index contributed by atoms with van der Waals surface area (Å²) in [5, 5.41) is 2.98. The molecule has 1 fully saturated rings. The fourth-order valence-corrected chi connectivity index (χ4v) is 2.76. The van der Waals surface area contributed by atoms with Crippen LogP contribution in [0.25, 0.3) is 0 Å². The largest absolute Gasteiger partial charge is 0.353 e. The van der Waals surface area contributed by atoms with Crippen molar-refractivity contribution in [2.24, 2.45) is 5.73 Å². The van der Waals surface area contributed by atoms with Gasteiger partial charge in [0.05, 0.1) is 6.04 Å². The minimum Gasteiger partial charge on any atom is -0.353 e. The molecule has 0 heterocycles. The molecule has 3 N–H and O–H groups in total. The van der Waals surface area contributed by atoms with Crippen LogP contribution in [-0.4, -0.2) is 29.5 Å². The van der Waals surface area contributed by atoms with Crippen LogP contribution >= 0.6 is 11.8 Å². The molecule has 1 aliphatic carbocycles. The fraction of sp³-hybridized carbons (Fsp3) is 0.909. The van der Waals surface area contributed by atoms with E-state index >= 15 is 0 Å². The lowest BCUT2D eigenvalue weighted by molar-refractivity contribution is -0.122. The lowest BCUT2D eigenvalue weighted by Crippen LogP contribution is -2.49. The minimum atomic E-state index is -0.325. The van der Waals surface area contributed by atoms with Crippen LogP contribution in [0.15, 0.2) is 0 Å². The van der Waals surface area contributed by atoms with Gasteiger partial charge in [-0.25, -0.2) is 0 Å². The molecule has 1 saturated carbocycles. The van der Waals surface area contributed by atoms with Crippen LogP contribution in [0.1, 0.15) is 39.0 Å². The molecule has 0 aromatic carbocycles. The molecule has 0 saturated heterocycles. The first kappa shape index (κ1) is 12.8. The third-order valence-electron chi connectivity index (χ3n) is 3.22. The van der Waals surface area contributed by atoms with Crippen molar-refractivity contribution in [2.75, 3.05) is 12.8 Å². The predicted octanol–water partition coefficient (Wildman–Crippen LogP) is 1.52. The maximum absolute atomic E-state index is 11.6. The molecule has 4 heteroatoms. The summed E-state index contributed by atoms with van der Waals surface area (Å²) in [5.41, 5.74) is 5.74. The third kappa shape index (κ3) is 3.38. The van der Waals surface area contributed by atoms with Crippen LogP contribution in [0.5, 0.6) is 0 Å². The number of rotatable bonds is 6. The maximum atomic E-state index is 11.6. The Labute approximate surface area is 96.6 Å². The summed E-state index contributed by atoms with van der Waals surface area (Å²) < 4.78 is 0.307. The highest BCUT2D eigenvalue weighted by atomic mass is 32.2. The standard InChI is InChI=1S/C11H22N2OS/c1-3-5-9(12)10(14)13-8-11(15-2)6-4-7-11/h9H,3-8,12H2,1-2H3,(H,13,14). The molecule has 0 bridgehead atoms. The number of carbonyl (C=O) groups is 1. The molecule has 88 valence electrons. The van der Waals surface area contributed by atoms with Crippen molar-refractivity contribution in [3.63, 3.8) is 0 Å². The summed E-state index contributed by atoms with van der Waals surface area (Å²) in [6.07, 6.45) is 7.59. The Morgan fingerprint density at radius 3 is 2.67 bits per heavy atom. The Morgan fingerprint density at radius 1 is 1.60 bits per heavy atom. The third-order valence-corrected chi connectivity index (χ3v) is 4.64. The molecule has 0 aliphatic heterocycles. The molecule has 3 nitrogen and oxygen atoms in total. The van der Waals surface area contributed by atoms with Crippen molar-refractivity contribution < 1.29 is 4.79 Å². The van der Waals surface area contributed by atoms with Gasteiger partial charge in [0.25, 0.3) is 0 Å². The fourth-order valence-electron chi connectivity index (χ4n) is 1.85. The Morgan fingerprint density at radius 2 is 2.27 bits per heavy atom. The molecular weight excluding hydrogens is 208 g/mol. The molecule has 0 aromatic rings. The summed E-state index contributed by atoms with van der Waals surface area (Å²) in [6.45, 7) is 2.83. The van der Waals surface area contributed by atoms with Gasteiger partial charge in [-0.05, 0) is 25.5 Å². The zero-order chi connectivity index (χ0) is 11.3. The van der Waals surface area contributed by atoms with Gasteiger partial charge in [-0.1, -0.05) is 19.8 Å². The normalized spacial score (nSPS) is 20.5. The van der Waals surface area contributed by atoms with Gasteiger partial charge in [-0.2, -0.15) is 11.8 Å². The lowest BCUT2D eigenvalue weighted by atomic mass is 9.84. The highest BCUT2D eigenvalue weighted by Crippen LogP contribution is 2.42. The number of thioether (sulfide) groups is 1. The van der Waals surface area contributed by atoms with Crippen molar-refractivity contribution in [3.05, 3.63) is 0 Å². The Bertz CT molecular complexity index is 211. The Hall–Kier alpha value is -0.220. The lowest BCUT2D eigenvalue weighted by Gasteiger charge is -2.40. The van der Waals surface area contributed by atoms with E-state index in [1.165, 1.54) is 19.3 Å².